The number of imidazole rings is 1. The molecule has 4 rings (SSSR count). The molecular formula is C17H13F3N4O4S. The zero-order chi connectivity index (χ0) is 20.9. The monoisotopic (exact) mass is 426 g/mol. The van der Waals surface area contributed by atoms with Crippen molar-refractivity contribution in [2.75, 3.05) is 18.4 Å². The minimum atomic E-state index is -3.98. The molecule has 152 valence electrons. The van der Waals surface area contributed by atoms with Crippen LogP contribution in [0.3, 0.4) is 0 Å². The first kappa shape index (κ1) is 19.4. The Hall–Kier alpha value is -2.96. The Morgan fingerprint density at radius 1 is 1.17 bits per heavy atom. The molecule has 3 aromatic rings. The summed E-state index contributed by atoms with van der Waals surface area (Å²) in [7, 11) is -3.98. The zero-order valence-corrected chi connectivity index (χ0v) is 15.3. The third kappa shape index (κ3) is 3.34. The highest BCUT2D eigenvalue weighted by atomic mass is 32.2. The summed E-state index contributed by atoms with van der Waals surface area (Å²) in [5, 5.41) is 11.6. The van der Waals surface area contributed by atoms with Crippen LogP contribution in [0.2, 0.25) is 0 Å². The van der Waals surface area contributed by atoms with E-state index >= 15 is 0 Å². The lowest BCUT2D eigenvalue weighted by molar-refractivity contribution is 0.0548. The Balaban J connectivity index is 1.73. The number of carbonyl (C=O) groups is 1. The van der Waals surface area contributed by atoms with Gasteiger partial charge in [0.25, 0.3) is 5.91 Å². The molecule has 0 aliphatic carbocycles. The number of hydrogen-bond acceptors (Lipinski definition) is 5. The molecule has 8 nitrogen and oxygen atoms in total. The molecule has 1 saturated heterocycles. The van der Waals surface area contributed by atoms with Gasteiger partial charge >= 0.3 is 0 Å². The van der Waals surface area contributed by atoms with Crippen molar-refractivity contribution in [2.45, 2.75) is 11.0 Å². The second-order valence-corrected chi connectivity index (χ2v) is 8.39. The van der Waals surface area contributed by atoms with Crippen LogP contribution in [0.1, 0.15) is 10.4 Å². The van der Waals surface area contributed by atoms with Gasteiger partial charge in [0.2, 0.25) is 10.0 Å². The number of rotatable bonds is 4. The Morgan fingerprint density at radius 3 is 2.45 bits per heavy atom. The van der Waals surface area contributed by atoms with Crippen molar-refractivity contribution in [2.24, 2.45) is 0 Å². The van der Waals surface area contributed by atoms with E-state index in [4.69, 9.17) is 0 Å². The molecule has 0 unspecified atom stereocenters. The van der Waals surface area contributed by atoms with Crippen molar-refractivity contribution >= 4 is 32.7 Å². The predicted molar refractivity (Wildman–Crippen MR) is 95.1 cm³/mol. The normalized spacial score (nSPS) is 15.4. The van der Waals surface area contributed by atoms with Gasteiger partial charge in [0.1, 0.15) is 0 Å². The molecule has 0 atom stereocenters. The van der Waals surface area contributed by atoms with Gasteiger partial charge in [-0.1, -0.05) is 0 Å². The number of H-pyrrole nitrogens is 1. The molecule has 29 heavy (non-hydrogen) atoms. The first-order valence-electron chi connectivity index (χ1n) is 8.28. The lowest BCUT2D eigenvalue weighted by atomic mass is 10.1. The van der Waals surface area contributed by atoms with Crippen molar-refractivity contribution in [3.05, 3.63) is 53.6 Å². The Labute approximate surface area is 162 Å². The second kappa shape index (κ2) is 6.83. The van der Waals surface area contributed by atoms with Gasteiger partial charge in [0, 0.05) is 30.9 Å². The van der Waals surface area contributed by atoms with Crippen LogP contribution in [0.4, 0.5) is 18.9 Å². The van der Waals surface area contributed by atoms with Crippen molar-refractivity contribution in [3.8, 4) is 0 Å². The van der Waals surface area contributed by atoms with E-state index < -0.39 is 39.5 Å². The molecule has 1 aliphatic heterocycles. The van der Waals surface area contributed by atoms with Crippen LogP contribution in [-0.4, -0.2) is 52.9 Å². The predicted octanol–water partition coefficient (Wildman–Crippen LogP) is 1.60. The summed E-state index contributed by atoms with van der Waals surface area (Å²) < 4.78 is 66.3. The topological polar surface area (TPSA) is 115 Å². The molecule has 1 aromatic heterocycles. The molecule has 3 N–H and O–H groups in total. The van der Waals surface area contributed by atoms with Crippen LogP contribution >= 0.6 is 0 Å². The number of sulfonamides is 1. The minimum Gasteiger partial charge on any atom is -0.390 e. The lowest BCUT2D eigenvalue weighted by Gasteiger charge is -2.34. The van der Waals surface area contributed by atoms with Crippen LogP contribution in [0.25, 0.3) is 11.0 Å². The molecule has 2 aromatic carbocycles. The Bertz CT molecular complexity index is 1220. The Morgan fingerprint density at radius 2 is 1.83 bits per heavy atom. The van der Waals surface area contributed by atoms with Crippen molar-refractivity contribution in [1.82, 2.24) is 14.3 Å². The third-order valence-corrected chi connectivity index (χ3v) is 6.27. The average molecular weight is 426 g/mol. The molecule has 1 aliphatic rings. The molecule has 12 heteroatoms. The highest BCUT2D eigenvalue weighted by molar-refractivity contribution is 7.89. The van der Waals surface area contributed by atoms with E-state index in [1.807, 2.05) is 0 Å². The maximum atomic E-state index is 13.4. The van der Waals surface area contributed by atoms with Crippen LogP contribution in [0, 0.1) is 17.5 Å². The van der Waals surface area contributed by atoms with E-state index in [1.54, 1.807) is 0 Å². The first-order chi connectivity index (χ1) is 13.7. The maximum absolute atomic E-state index is 13.4. The summed E-state index contributed by atoms with van der Waals surface area (Å²) in [5.41, 5.74) is -0.120. The Kier molecular flexibility index (Phi) is 4.56. The second-order valence-electron chi connectivity index (χ2n) is 6.45. The van der Waals surface area contributed by atoms with Gasteiger partial charge in [0.05, 0.1) is 33.9 Å². The quantitative estimate of drug-likeness (QED) is 0.548. The highest BCUT2D eigenvalue weighted by Crippen LogP contribution is 2.27. The van der Waals surface area contributed by atoms with Gasteiger partial charge in [0.15, 0.2) is 17.5 Å². The number of fused-ring (bicyclic) bond motifs is 1. The van der Waals surface area contributed by atoms with Gasteiger partial charge in [-0.3, -0.25) is 4.79 Å². The van der Waals surface area contributed by atoms with Crippen molar-refractivity contribution in [1.29, 1.82) is 0 Å². The van der Waals surface area contributed by atoms with Gasteiger partial charge in [-0.2, -0.15) is 4.31 Å². The summed E-state index contributed by atoms with van der Waals surface area (Å²) in [6.45, 7) is -0.146. The van der Waals surface area contributed by atoms with Gasteiger partial charge < -0.3 is 15.4 Å². The number of β-amino-alcohol motifs (C(OH)–C–C–N with tert-alkyl or cyclic N) is 1. The van der Waals surface area contributed by atoms with E-state index in [1.165, 1.54) is 12.4 Å². The number of aliphatic hydroxyl groups is 1. The fourth-order valence-electron chi connectivity index (χ4n) is 2.94. The minimum absolute atomic E-state index is 0.0728. The summed E-state index contributed by atoms with van der Waals surface area (Å²) in [6, 6.07) is 3.55. The molecule has 0 spiro atoms. The van der Waals surface area contributed by atoms with E-state index in [9.17, 15) is 31.5 Å². The summed E-state index contributed by atoms with van der Waals surface area (Å²) in [6.07, 6.45) is 0.493. The number of hydrogen-bond donors (Lipinski definition) is 3. The highest BCUT2D eigenvalue weighted by Gasteiger charge is 2.36. The smallest absolute Gasteiger partial charge is 0.257 e. The maximum Gasteiger partial charge on any atom is 0.257 e. The van der Waals surface area contributed by atoms with Gasteiger partial charge in [-0.05, 0) is 12.1 Å². The molecule has 2 heterocycles. The molecule has 0 saturated carbocycles. The van der Waals surface area contributed by atoms with Gasteiger partial charge in [-0.15, -0.1) is 0 Å². The summed E-state index contributed by atoms with van der Waals surface area (Å²) in [4.78, 5) is 19.1. The van der Waals surface area contributed by atoms with Crippen LogP contribution < -0.4 is 5.32 Å². The number of carbonyl (C=O) groups excluding carboxylic acids is 1. The van der Waals surface area contributed by atoms with E-state index in [-0.39, 0.29) is 40.3 Å². The number of aliphatic hydroxyl groups excluding tert-OH is 1. The van der Waals surface area contributed by atoms with Crippen LogP contribution in [-0.2, 0) is 10.0 Å². The van der Waals surface area contributed by atoms with E-state index in [0.29, 0.717) is 12.1 Å². The fraction of sp³-hybridized carbons (Fsp3) is 0.176. The standard InChI is InChI=1S/C17H13F3N4O4S/c18-12-1-8(2-13(19)15(12)20)23-17(26)11-3-10(4-14-16(11)22-7-21-14)29(27,28)24-5-9(25)6-24/h1-4,7,9,25H,5-6H2,(H,21,22)(H,23,26). The number of aromatic nitrogens is 2. The summed E-state index contributed by atoms with van der Waals surface area (Å²) >= 11 is 0. The molecule has 0 bridgehead atoms. The number of benzene rings is 2. The fourth-order valence-corrected chi connectivity index (χ4v) is 4.50. The van der Waals surface area contributed by atoms with E-state index in [2.05, 4.69) is 15.3 Å². The molecule has 1 amide bonds. The number of nitrogens with zero attached hydrogens (tertiary/aromatic N) is 2. The van der Waals surface area contributed by atoms with Crippen molar-refractivity contribution in [3.63, 3.8) is 0 Å². The SMILES string of the molecule is O=C(Nc1cc(F)c(F)c(F)c1)c1cc(S(=O)(=O)N2CC(O)C2)cc2nc[nH]c12. The van der Waals surface area contributed by atoms with Crippen LogP contribution in [0.5, 0.6) is 0 Å². The number of aromatic amines is 1. The third-order valence-electron chi connectivity index (χ3n) is 4.46. The zero-order valence-electron chi connectivity index (χ0n) is 14.5. The lowest BCUT2D eigenvalue weighted by Crippen LogP contribution is -2.53. The first-order valence-corrected chi connectivity index (χ1v) is 9.72. The van der Waals surface area contributed by atoms with E-state index in [0.717, 1.165) is 10.4 Å². The van der Waals surface area contributed by atoms with Crippen LogP contribution in [0.15, 0.2) is 35.5 Å². The molecule has 1 fully saturated rings. The van der Waals surface area contributed by atoms with Gasteiger partial charge in [-0.25, -0.2) is 26.6 Å². The number of nitrogens with one attached hydrogen (secondary N) is 2. The average Bonchev–Trinajstić information content (AvgIpc) is 3.11. The molecular weight excluding hydrogens is 413 g/mol. The number of halogens is 3. The number of amides is 1. The summed E-state index contributed by atoms with van der Waals surface area (Å²) in [5.74, 6) is -5.53. The molecule has 0 radical (unpaired) electrons. The van der Waals surface area contributed by atoms with Crippen molar-refractivity contribution < 1.29 is 31.5 Å². The largest absolute Gasteiger partial charge is 0.390 e. The number of anilines is 1.